The Kier molecular flexibility index (Phi) is 6.19. The van der Waals surface area contributed by atoms with Gasteiger partial charge >= 0.3 is 12.1 Å². The Hall–Kier alpha value is -1.52. The summed E-state index contributed by atoms with van der Waals surface area (Å²) >= 11 is 0. The van der Waals surface area contributed by atoms with E-state index in [0.717, 1.165) is 0 Å². The van der Waals surface area contributed by atoms with Gasteiger partial charge in [-0.3, -0.25) is 0 Å². The summed E-state index contributed by atoms with van der Waals surface area (Å²) in [5.74, 6) is -1.01. The first kappa shape index (κ1) is 12.5. The molecule has 0 bridgehead atoms. The van der Waals surface area contributed by atoms with E-state index in [1.54, 1.807) is 6.92 Å². The largest absolute Gasteiger partial charge is 0.478 e. The molecule has 5 nitrogen and oxygen atoms in total. The van der Waals surface area contributed by atoms with E-state index in [9.17, 15) is 9.59 Å². The van der Waals surface area contributed by atoms with E-state index >= 15 is 0 Å². The average Bonchev–Trinajstić information content (AvgIpc) is 2.12. The van der Waals surface area contributed by atoms with Crippen molar-refractivity contribution in [1.29, 1.82) is 0 Å². The molecule has 0 rings (SSSR count). The van der Waals surface area contributed by atoms with Gasteiger partial charge in [0.15, 0.2) is 0 Å². The first-order valence-electron chi connectivity index (χ1n) is 4.39. The van der Waals surface area contributed by atoms with Crippen LogP contribution in [0.4, 0.5) is 4.79 Å². The highest BCUT2D eigenvalue weighted by Crippen LogP contribution is 2.02. The minimum Gasteiger partial charge on any atom is -0.478 e. The molecule has 2 N–H and O–H groups in total. The molecule has 0 aliphatic carbocycles. The highest BCUT2D eigenvalue weighted by atomic mass is 16.5. The molecule has 0 unspecified atom stereocenters. The number of alkyl carbamates (subject to hydrolysis) is 1. The fraction of sp³-hybridized carbons (Fsp3) is 0.556. The van der Waals surface area contributed by atoms with Crippen molar-refractivity contribution in [2.45, 2.75) is 19.8 Å². The van der Waals surface area contributed by atoms with Crippen molar-refractivity contribution >= 4 is 12.1 Å². The molecule has 14 heavy (non-hydrogen) atoms. The summed E-state index contributed by atoms with van der Waals surface area (Å²) in [5, 5.41) is 10.9. The van der Waals surface area contributed by atoms with Gasteiger partial charge in [-0.2, -0.15) is 0 Å². The van der Waals surface area contributed by atoms with Gasteiger partial charge in [0.25, 0.3) is 0 Å². The Morgan fingerprint density at radius 3 is 2.64 bits per heavy atom. The van der Waals surface area contributed by atoms with Gasteiger partial charge in [0.2, 0.25) is 0 Å². The lowest BCUT2D eigenvalue weighted by molar-refractivity contribution is -0.132. The van der Waals surface area contributed by atoms with Crippen molar-refractivity contribution in [3.8, 4) is 0 Å². The highest BCUT2D eigenvalue weighted by molar-refractivity contribution is 5.85. The van der Waals surface area contributed by atoms with Crippen molar-refractivity contribution in [3.63, 3.8) is 0 Å². The van der Waals surface area contributed by atoms with E-state index in [0.29, 0.717) is 19.4 Å². The molecule has 5 heteroatoms. The predicted molar refractivity (Wildman–Crippen MR) is 51.0 cm³/mol. The Labute approximate surface area is 82.7 Å². The SMILES string of the molecule is C=C(CCCOC(=O)NCC)C(=O)O. The van der Waals surface area contributed by atoms with Crippen molar-refractivity contribution in [2.24, 2.45) is 0 Å². The van der Waals surface area contributed by atoms with E-state index in [-0.39, 0.29) is 12.2 Å². The Morgan fingerprint density at radius 2 is 2.14 bits per heavy atom. The van der Waals surface area contributed by atoms with Crippen LogP contribution < -0.4 is 5.32 Å². The molecule has 0 aromatic rings. The molecular weight excluding hydrogens is 186 g/mol. The van der Waals surface area contributed by atoms with Crippen molar-refractivity contribution < 1.29 is 19.4 Å². The maximum Gasteiger partial charge on any atom is 0.407 e. The Morgan fingerprint density at radius 1 is 1.50 bits per heavy atom. The number of aliphatic carboxylic acids is 1. The first-order valence-corrected chi connectivity index (χ1v) is 4.39. The van der Waals surface area contributed by atoms with Crippen molar-refractivity contribution in [3.05, 3.63) is 12.2 Å². The summed E-state index contributed by atoms with van der Waals surface area (Å²) < 4.78 is 4.73. The van der Waals surface area contributed by atoms with Gasteiger partial charge < -0.3 is 15.2 Å². The zero-order valence-corrected chi connectivity index (χ0v) is 8.21. The van der Waals surface area contributed by atoms with Crippen LogP contribution in [0, 0.1) is 0 Å². The highest BCUT2D eigenvalue weighted by Gasteiger charge is 2.04. The number of ether oxygens (including phenoxy) is 1. The second-order valence-electron chi connectivity index (χ2n) is 2.68. The molecule has 0 atom stereocenters. The normalized spacial score (nSPS) is 9.21. The van der Waals surface area contributed by atoms with Crippen LogP contribution in [0.15, 0.2) is 12.2 Å². The third-order valence-corrected chi connectivity index (χ3v) is 1.48. The molecule has 0 radical (unpaired) electrons. The molecule has 0 saturated heterocycles. The fourth-order valence-corrected chi connectivity index (χ4v) is 0.753. The van der Waals surface area contributed by atoms with Gasteiger partial charge in [0.05, 0.1) is 6.61 Å². The lowest BCUT2D eigenvalue weighted by Gasteiger charge is -2.04. The van der Waals surface area contributed by atoms with E-state index in [1.165, 1.54) is 0 Å². The zero-order chi connectivity index (χ0) is 11.0. The number of carboxylic acid groups (broad SMARTS) is 1. The fourth-order valence-electron chi connectivity index (χ4n) is 0.753. The van der Waals surface area contributed by atoms with Crippen LogP contribution in [0.3, 0.4) is 0 Å². The minimum absolute atomic E-state index is 0.129. The lowest BCUT2D eigenvalue weighted by Crippen LogP contribution is -2.24. The van der Waals surface area contributed by atoms with Crippen LogP contribution in [-0.2, 0) is 9.53 Å². The first-order chi connectivity index (χ1) is 6.57. The van der Waals surface area contributed by atoms with Gasteiger partial charge in [-0.1, -0.05) is 6.58 Å². The third kappa shape index (κ3) is 6.05. The smallest absolute Gasteiger partial charge is 0.407 e. The monoisotopic (exact) mass is 201 g/mol. The lowest BCUT2D eigenvalue weighted by atomic mass is 10.2. The standard InChI is InChI=1S/C9H15NO4/c1-3-10-9(13)14-6-4-5-7(2)8(11)12/h2-6H2,1H3,(H,10,13)(H,11,12). The summed E-state index contributed by atoms with van der Waals surface area (Å²) in [6.45, 7) is 5.86. The molecule has 0 aliphatic rings. The van der Waals surface area contributed by atoms with Crippen molar-refractivity contribution in [1.82, 2.24) is 5.32 Å². The average molecular weight is 201 g/mol. The van der Waals surface area contributed by atoms with Gasteiger partial charge in [-0.05, 0) is 19.8 Å². The summed E-state index contributed by atoms with van der Waals surface area (Å²) in [4.78, 5) is 21.1. The van der Waals surface area contributed by atoms with Crippen LogP contribution in [-0.4, -0.2) is 30.3 Å². The zero-order valence-electron chi connectivity index (χ0n) is 8.21. The molecule has 0 saturated carbocycles. The molecule has 0 aromatic carbocycles. The molecule has 0 fully saturated rings. The van der Waals surface area contributed by atoms with E-state index in [2.05, 4.69) is 11.9 Å². The van der Waals surface area contributed by atoms with E-state index in [1.807, 2.05) is 0 Å². The maximum atomic E-state index is 10.7. The number of carbonyl (C=O) groups is 2. The molecular formula is C9H15NO4. The number of rotatable bonds is 6. The van der Waals surface area contributed by atoms with Gasteiger partial charge in [0.1, 0.15) is 0 Å². The molecule has 0 heterocycles. The quantitative estimate of drug-likeness (QED) is 0.499. The summed E-state index contributed by atoms with van der Waals surface area (Å²) in [6.07, 6.45) is 0.324. The molecule has 1 amide bonds. The summed E-state index contributed by atoms with van der Waals surface area (Å²) in [6, 6.07) is 0. The Balaban J connectivity index is 3.42. The molecule has 0 spiro atoms. The van der Waals surface area contributed by atoms with Gasteiger partial charge in [-0.25, -0.2) is 9.59 Å². The summed E-state index contributed by atoms with van der Waals surface area (Å²) in [7, 11) is 0. The predicted octanol–water partition coefficient (Wildman–Crippen LogP) is 1.15. The topological polar surface area (TPSA) is 75.6 Å². The Bertz CT molecular complexity index is 225. The van der Waals surface area contributed by atoms with Gasteiger partial charge in [-0.15, -0.1) is 0 Å². The number of carboxylic acids is 1. The van der Waals surface area contributed by atoms with E-state index < -0.39 is 12.1 Å². The molecule has 80 valence electrons. The number of amides is 1. The van der Waals surface area contributed by atoms with Crippen LogP contribution in [0.2, 0.25) is 0 Å². The van der Waals surface area contributed by atoms with Crippen LogP contribution >= 0.6 is 0 Å². The number of carbonyl (C=O) groups excluding carboxylic acids is 1. The molecule has 0 aromatic heterocycles. The number of nitrogens with one attached hydrogen (secondary N) is 1. The van der Waals surface area contributed by atoms with Crippen LogP contribution in [0.1, 0.15) is 19.8 Å². The number of hydrogen-bond donors (Lipinski definition) is 2. The maximum absolute atomic E-state index is 10.7. The number of hydrogen-bond acceptors (Lipinski definition) is 3. The van der Waals surface area contributed by atoms with Gasteiger partial charge in [0, 0.05) is 12.1 Å². The van der Waals surface area contributed by atoms with Crippen LogP contribution in [0.25, 0.3) is 0 Å². The van der Waals surface area contributed by atoms with Crippen LogP contribution in [0.5, 0.6) is 0 Å². The second-order valence-corrected chi connectivity index (χ2v) is 2.68. The summed E-state index contributed by atoms with van der Waals surface area (Å²) in [5.41, 5.74) is 0.129. The third-order valence-electron chi connectivity index (χ3n) is 1.48. The minimum atomic E-state index is -1.01. The van der Waals surface area contributed by atoms with E-state index in [4.69, 9.17) is 9.84 Å². The second kappa shape index (κ2) is 6.94. The van der Waals surface area contributed by atoms with Crippen molar-refractivity contribution in [2.75, 3.05) is 13.2 Å². The molecule has 0 aliphatic heterocycles.